The van der Waals surface area contributed by atoms with E-state index in [1.165, 1.54) is 10.6 Å². The second kappa shape index (κ2) is 8.27. The highest BCUT2D eigenvalue weighted by Crippen LogP contribution is 2.21. The van der Waals surface area contributed by atoms with Crippen LogP contribution in [0, 0.1) is 6.92 Å². The van der Waals surface area contributed by atoms with Crippen molar-refractivity contribution in [3.8, 4) is 0 Å². The molecule has 0 radical (unpaired) electrons. The molecule has 0 aromatic heterocycles. The summed E-state index contributed by atoms with van der Waals surface area (Å²) in [5.74, 6) is -0.205. The zero-order valence-corrected chi connectivity index (χ0v) is 16.6. The van der Waals surface area contributed by atoms with Gasteiger partial charge in [0.05, 0.1) is 18.5 Å². The fourth-order valence-corrected chi connectivity index (χ4v) is 3.72. The lowest BCUT2D eigenvalue weighted by atomic mass is 10.1. The van der Waals surface area contributed by atoms with Crippen molar-refractivity contribution in [3.63, 3.8) is 0 Å². The number of amides is 1. The van der Waals surface area contributed by atoms with Crippen LogP contribution in [-0.2, 0) is 16.6 Å². The Morgan fingerprint density at radius 1 is 0.893 bits per heavy atom. The molecular weight excluding hydrogens is 372 g/mol. The molecule has 5 nitrogen and oxygen atoms in total. The molecule has 0 saturated carbocycles. The van der Waals surface area contributed by atoms with E-state index in [4.69, 9.17) is 0 Å². The Bertz CT molecular complexity index is 1060. The molecule has 144 valence electrons. The first-order valence-corrected chi connectivity index (χ1v) is 10.7. The van der Waals surface area contributed by atoms with Crippen LogP contribution in [0.1, 0.15) is 21.5 Å². The Morgan fingerprint density at radius 3 is 2.11 bits per heavy atom. The van der Waals surface area contributed by atoms with Crippen LogP contribution in [0.4, 0.5) is 11.4 Å². The monoisotopic (exact) mass is 394 g/mol. The maximum atomic E-state index is 12.5. The summed E-state index contributed by atoms with van der Waals surface area (Å²) in [5.41, 5.74) is 3.66. The van der Waals surface area contributed by atoms with Gasteiger partial charge in [-0.2, -0.15) is 0 Å². The summed E-state index contributed by atoms with van der Waals surface area (Å²) in [6.45, 7) is 2.13. The second-order valence-corrected chi connectivity index (χ2v) is 8.48. The summed E-state index contributed by atoms with van der Waals surface area (Å²) in [4.78, 5) is 12.5. The first-order chi connectivity index (χ1) is 13.3. The van der Waals surface area contributed by atoms with E-state index in [0.29, 0.717) is 11.3 Å². The molecule has 28 heavy (non-hydrogen) atoms. The summed E-state index contributed by atoms with van der Waals surface area (Å²) in [7, 11) is -3.43. The van der Waals surface area contributed by atoms with Crippen molar-refractivity contribution in [3.05, 3.63) is 95.6 Å². The Morgan fingerprint density at radius 2 is 1.50 bits per heavy atom. The fraction of sp³-hybridized carbons (Fsp3) is 0.136. The number of nitrogens with one attached hydrogen (secondary N) is 1. The molecule has 0 atom stereocenters. The van der Waals surface area contributed by atoms with Crippen molar-refractivity contribution < 1.29 is 13.2 Å². The molecule has 3 rings (SSSR count). The minimum Gasteiger partial charge on any atom is -0.322 e. The number of benzene rings is 3. The fourth-order valence-electron chi connectivity index (χ4n) is 2.83. The molecule has 3 aromatic carbocycles. The molecule has 1 N–H and O–H groups in total. The molecule has 0 unspecified atom stereocenters. The van der Waals surface area contributed by atoms with Gasteiger partial charge in [0.25, 0.3) is 5.91 Å². The largest absolute Gasteiger partial charge is 0.322 e. The van der Waals surface area contributed by atoms with Gasteiger partial charge in [0, 0.05) is 11.3 Å². The smallest absolute Gasteiger partial charge is 0.255 e. The summed E-state index contributed by atoms with van der Waals surface area (Å²) >= 11 is 0. The molecule has 0 aliphatic rings. The van der Waals surface area contributed by atoms with Crippen molar-refractivity contribution >= 4 is 27.3 Å². The first kappa shape index (κ1) is 19.6. The highest BCUT2D eigenvalue weighted by molar-refractivity contribution is 7.92. The summed E-state index contributed by atoms with van der Waals surface area (Å²) in [6, 6.07) is 23.5. The number of aryl methyl sites for hydroxylation is 1. The molecule has 6 heteroatoms. The summed E-state index contributed by atoms with van der Waals surface area (Å²) < 4.78 is 25.8. The third-order valence-electron chi connectivity index (χ3n) is 4.38. The van der Waals surface area contributed by atoms with E-state index < -0.39 is 10.0 Å². The van der Waals surface area contributed by atoms with Gasteiger partial charge in [-0.15, -0.1) is 0 Å². The first-order valence-electron chi connectivity index (χ1n) is 8.83. The quantitative estimate of drug-likeness (QED) is 0.681. The Labute approximate surface area is 165 Å². The number of carbonyl (C=O) groups is 1. The molecule has 0 bridgehead atoms. The average Bonchev–Trinajstić information content (AvgIpc) is 2.68. The van der Waals surface area contributed by atoms with E-state index in [1.807, 2.05) is 37.3 Å². The van der Waals surface area contributed by atoms with Crippen LogP contribution in [0.2, 0.25) is 0 Å². The van der Waals surface area contributed by atoms with Gasteiger partial charge < -0.3 is 5.32 Å². The standard InChI is InChI=1S/C22H22N2O3S/c1-17-8-6-7-11-21(17)23-22(25)19-14-12-18(13-15-19)16-24(28(2,26)27)20-9-4-3-5-10-20/h3-15H,16H2,1-2H3,(H,23,25). The molecule has 0 heterocycles. The van der Waals surface area contributed by atoms with E-state index in [2.05, 4.69) is 5.32 Å². The van der Waals surface area contributed by atoms with Gasteiger partial charge in [-0.1, -0.05) is 48.5 Å². The Hall–Kier alpha value is -3.12. The van der Waals surface area contributed by atoms with E-state index in [1.54, 1.807) is 48.5 Å². The van der Waals surface area contributed by atoms with Gasteiger partial charge in [0.1, 0.15) is 0 Å². The predicted molar refractivity (Wildman–Crippen MR) is 113 cm³/mol. The van der Waals surface area contributed by atoms with Crippen LogP contribution in [0.15, 0.2) is 78.9 Å². The van der Waals surface area contributed by atoms with Crippen LogP contribution in [0.3, 0.4) is 0 Å². The number of carbonyl (C=O) groups excluding carboxylic acids is 1. The minimum absolute atomic E-state index is 0.197. The van der Waals surface area contributed by atoms with Gasteiger partial charge in [0.15, 0.2) is 0 Å². The van der Waals surface area contributed by atoms with Gasteiger partial charge >= 0.3 is 0 Å². The number of anilines is 2. The van der Waals surface area contributed by atoms with Crippen LogP contribution in [-0.4, -0.2) is 20.6 Å². The third-order valence-corrected chi connectivity index (χ3v) is 5.52. The highest BCUT2D eigenvalue weighted by Gasteiger charge is 2.18. The Kier molecular flexibility index (Phi) is 5.80. The molecule has 0 spiro atoms. The third kappa shape index (κ3) is 4.78. The number of hydrogen-bond donors (Lipinski definition) is 1. The van der Waals surface area contributed by atoms with Crippen LogP contribution < -0.4 is 9.62 Å². The molecule has 0 saturated heterocycles. The molecule has 0 fully saturated rings. The van der Waals surface area contributed by atoms with Crippen molar-refractivity contribution in [2.75, 3.05) is 15.9 Å². The number of nitrogens with zero attached hydrogens (tertiary/aromatic N) is 1. The van der Waals surface area contributed by atoms with Crippen LogP contribution in [0.25, 0.3) is 0 Å². The molecule has 3 aromatic rings. The normalized spacial score (nSPS) is 11.1. The minimum atomic E-state index is -3.43. The van der Waals surface area contributed by atoms with Crippen LogP contribution >= 0.6 is 0 Å². The zero-order chi connectivity index (χ0) is 20.1. The van der Waals surface area contributed by atoms with Crippen molar-refractivity contribution in [2.24, 2.45) is 0 Å². The predicted octanol–water partition coefficient (Wildman–Crippen LogP) is 4.21. The number of rotatable bonds is 6. The van der Waals surface area contributed by atoms with Crippen molar-refractivity contribution in [1.29, 1.82) is 0 Å². The van der Waals surface area contributed by atoms with E-state index >= 15 is 0 Å². The second-order valence-electron chi connectivity index (χ2n) is 6.57. The lowest BCUT2D eigenvalue weighted by molar-refractivity contribution is 0.102. The zero-order valence-electron chi connectivity index (χ0n) is 15.8. The number of hydrogen-bond acceptors (Lipinski definition) is 3. The molecule has 0 aliphatic heterocycles. The topological polar surface area (TPSA) is 66.5 Å². The van der Waals surface area contributed by atoms with Gasteiger partial charge in [-0.3, -0.25) is 9.10 Å². The van der Waals surface area contributed by atoms with Crippen molar-refractivity contribution in [1.82, 2.24) is 0 Å². The number of sulfonamides is 1. The highest BCUT2D eigenvalue weighted by atomic mass is 32.2. The maximum Gasteiger partial charge on any atom is 0.255 e. The van der Waals surface area contributed by atoms with Gasteiger partial charge in [0.2, 0.25) is 10.0 Å². The SMILES string of the molecule is Cc1ccccc1NC(=O)c1ccc(CN(c2ccccc2)S(C)(=O)=O)cc1. The average molecular weight is 394 g/mol. The van der Waals surface area contributed by atoms with Gasteiger partial charge in [-0.05, 0) is 48.4 Å². The maximum absolute atomic E-state index is 12.5. The summed E-state index contributed by atoms with van der Waals surface area (Å²) in [5, 5.41) is 2.89. The van der Waals surface area contributed by atoms with E-state index in [-0.39, 0.29) is 12.5 Å². The molecule has 0 aliphatic carbocycles. The number of para-hydroxylation sites is 2. The Balaban J connectivity index is 1.76. The molecule has 1 amide bonds. The lowest BCUT2D eigenvalue weighted by Crippen LogP contribution is -2.29. The van der Waals surface area contributed by atoms with Crippen molar-refractivity contribution in [2.45, 2.75) is 13.5 Å². The van der Waals surface area contributed by atoms with E-state index in [9.17, 15) is 13.2 Å². The lowest BCUT2D eigenvalue weighted by Gasteiger charge is -2.22. The van der Waals surface area contributed by atoms with Gasteiger partial charge in [-0.25, -0.2) is 8.42 Å². The van der Waals surface area contributed by atoms with E-state index in [0.717, 1.165) is 16.8 Å². The molecular formula is C22H22N2O3S. The summed E-state index contributed by atoms with van der Waals surface area (Å²) in [6.07, 6.45) is 1.18. The van der Waals surface area contributed by atoms with Crippen LogP contribution in [0.5, 0.6) is 0 Å².